The molecule has 0 unspecified atom stereocenters. The topological polar surface area (TPSA) is 57.0 Å². The van der Waals surface area contributed by atoms with Crippen LogP contribution in [-0.4, -0.2) is 23.1 Å². The van der Waals surface area contributed by atoms with Gasteiger partial charge in [-0.15, -0.1) is 11.3 Å². The second kappa shape index (κ2) is 6.18. The summed E-state index contributed by atoms with van der Waals surface area (Å²) in [6.07, 6.45) is -1.47. The number of rotatable bonds is 1. The van der Waals surface area contributed by atoms with Gasteiger partial charge in [0.05, 0.1) is 16.7 Å². The third kappa shape index (κ3) is 3.19. The summed E-state index contributed by atoms with van der Waals surface area (Å²) in [6, 6.07) is 8.78. The van der Waals surface area contributed by atoms with Gasteiger partial charge in [0, 0.05) is 17.9 Å². The quantitative estimate of drug-likeness (QED) is 0.724. The SMILES string of the molecule is CN1C=C(C(F)(F)F)C=CC1=C(C#N)c1nc(=O)c2ccccc2s1. The molecule has 1 aromatic heterocycles. The third-order valence-electron chi connectivity index (χ3n) is 3.57. The Morgan fingerprint density at radius 3 is 2.64 bits per heavy atom. The zero-order valence-corrected chi connectivity index (χ0v) is 13.6. The fourth-order valence-corrected chi connectivity index (χ4v) is 3.37. The molecule has 0 atom stereocenters. The van der Waals surface area contributed by atoms with Gasteiger partial charge in [0.2, 0.25) is 0 Å². The molecule has 0 N–H and O–H groups in total. The monoisotopic (exact) mass is 361 g/mol. The standard InChI is InChI=1S/C17H10F3N3OS/c1-23-9-10(17(18,19)20)6-7-13(23)12(8-21)16-22-15(24)11-4-2-3-5-14(11)25-16/h2-7,9H,1H3. The van der Waals surface area contributed by atoms with Gasteiger partial charge in [-0.1, -0.05) is 12.1 Å². The number of benzene rings is 1. The molecule has 0 saturated heterocycles. The average Bonchev–Trinajstić information content (AvgIpc) is 2.56. The highest BCUT2D eigenvalue weighted by atomic mass is 32.1. The van der Waals surface area contributed by atoms with Crippen LogP contribution in [0, 0.1) is 11.3 Å². The Labute approximate surface area is 144 Å². The first kappa shape index (κ1) is 16.9. The Morgan fingerprint density at radius 2 is 2.00 bits per heavy atom. The van der Waals surface area contributed by atoms with Gasteiger partial charge in [0.15, 0.2) is 0 Å². The van der Waals surface area contributed by atoms with E-state index in [0.717, 1.165) is 23.6 Å². The second-order valence-electron chi connectivity index (χ2n) is 5.22. The summed E-state index contributed by atoms with van der Waals surface area (Å²) < 4.78 is 39.0. The number of hydrogen-bond donors (Lipinski definition) is 0. The van der Waals surface area contributed by atoms with Crippen molar-refractivity contribution in [2.24, 2.45) is 0 Å². The van der Waals surface area contributed by atoms with Crippen molar-refractivity contribution < 1.29 is 13.2 Å². The first-order chi connectivity index (χ1) is 11.8. The number of nitriles is 1. The van der Waals surface area contributed by atoms with Gasteiger partial charge >= 0.3 is 6.18 Å². The zero-order valence-electron chi connectivity index (χ0n) is 12.8. The van der Waals surface area contributed by atoms with Gasteiger partial charge in [-0.3, -0.25) is 4.79 Å². The molecular weight excluding hydrogens is 351 g/mol. The molecule has 0 bridgehead atoms. The minimum Gasteiger partial charge on any atom is -0.349 e. The molecule has 3 rings (SSSR count). The van der Waals surface area contributed by atoms with Crippen molar-refractivity contribution in [3.8, 4) is 6.07 Å². The molecule has 2 aromatic rings. The van der Waals surface area contributed by atoms with Crippen LogP contribution < -0.4 is 5.56 Å². The minimum atomic E-state index is -4.48. The Kier molecular flexibility index (Phi) is 4.18. The van der Waals surface area contributed by atoms with Gasteiger partial charge < -0.3 is 4.90 Å². The van der Waals surface area contributed by atoms with Crippen LogP contribution in [0.4, 0.5) is 13.2 Å². The molecule has 2 heterocycles. The number of alkyl halides is 3. The normalized spacial score (nSPS) is 16.6. The molecule has 25 heavy (non-hydrogen) atoms. The van der Waals surface area contributed by atoms with Gasteiger partial charge in [-0.05, 0) is 24.3 Å². The van der Waals surface area contributed by atoms with E-state index in [9.17, 15) is 23.2 Å². The third-order valence-corrected chi connectivity index (χ3v) is 4.63. The summed E-state index contributed by atoms with van der Waals surface area (Å²) in [5, 5.41) is 10.1. The largest absolute Gasteiger partial charge is 0.417 e. The van der Waals surface area contributed by atoms with Crippen molar-refractivity contribution in [3.63, 3.8) is 0 Å². The van der Waals surface area contributed by atoms with E-state index in [4.69, 9.17) is 0 Å². The van der Waals surface area contributed by atoms with E-state index in [-0.39, 0.29) is 16.3 Å². The lowest BCUT2D eigenvalue weighted by atomic mass is 10.1. The maximum absolute atomic E-state index is 12.8. The number of nitrogens with zero attached hydrogens (tertiary/aromatic N) is 3. The van der Waals surface area contributed by atoms with E-state index < -0.39 is 17.3 Å². The van der Waals surface area contributed by atoms with E-state index in [0.29, 0.717) is 10.1 Å². The van der Waals surface area contributed by atoms with Crippen LogP contribution in [0.5, 0.6) is 0 Å². The number of aromatic nitrogens is 1. The van der Waals surface area contributed by atoms with E-state index in [1.165, 1.54) is 18.0 Å². The highest BCUT2D eigenvalue weighted by Gasteiger charge is 2.34. The maximum Gasteiger partial charge on any atom is 0.417 e. The predicted molar refractivity (Wildman–Crippen MR) is 89.5 cm³/mol. The number of fused-ring (bicyclic) bond motifs is 1. The van der Waals surface area contributed by atoms with Crippen LogP contribution >= 0.6 is 11.3 Å². The lowest BCUT2D eigenvalue weighted by molar-refractivity contribution is -0.0892. The van der Waals surface area contributed by atoms with Crippen molar-refractivity contribution in [1.82, 2.24) is 9.88 Å². The van der Waals surface area contributed by atoms with E-state index in [1.54, 1.807) is 24.3 Å². The Hall–Kier alpha value is -2.92. The molecule has 8 heteroatoms. The first-order valence-electron chi connectivity index (χ1n) is 7.06. The summed E-state index contributed by atoms with van der Waals surface area (Å²) in [5.74, 6) is 0. The van der Waals surface area contributed by atoms with Crippen LogP contribution in [-0.2, 0) is 0 Å². The molecule has 0 aliphatic carbocycles. The number of hydrogen-bond acceptors (Lipinski definition) is 5. The van der Waals surface area contributed by atoms with Crippen LogP contribution in [0.1, 0.15) is 5.01 Å². The van der Waals surface area contributed by atoms with Crippen LogP contribution in [0.25, 0.3) is 15.7 Å². The van der Waals surface area contributed by atoms with E-state index in [2.05, 4.69) is 4.98 Å². The zero-order chi connectivity index (χ0) is 18.2. The Bertz CT molecular complexity index is 1040. The highest BCUT2D eigenvalue weighted by Crippen LogP contribution is 2.33. The number of halogens is 3. The molecule has 0 fully saturated rings. The summed E-state index contributed by atoms with van der Waals surface area (Å²) in [5.41, 5.74) is -1.01. The predicted octanol–water partition coefficient (Wildman–Crippen LogP) is 3.84. The Morgan fingerprint density at radius 1 is 1.28 bits per heavy atom. The van der Waals surface area contributed by atoms with Crippen molar-refractivity contribution in [2.75, 3.05) is 7.05 Å². The molecule has 126 valence electrons. The van der Waals surface area contributed by atoms with Crippen LogP contribution in [0.15, 0.2) is 58.7 Å². The van der Waals surface area contributed by atoms with Gasteiger partial charge in [0.25, 0.3) is 5.56 Å². The molecule has 0 saturated carbocycles. The van der Waals surface area contributed by atoms with Crippen LogP contribution in [0.2, 0.25) is 0 Å². The molecule has 0 spiro atoms. The second-order valence-corrected chi connectivity index (χ2v) is 6.25. The highest BCUT2D eigenvalue weighted by molar-refractivity contribution is 7.19. The molecule has 1 aliphatic rings. The summed E-state index contributed by atoms with van der Waals surface area (Å²) in [6.45, 7) is 0. The molecule has 4 nitrogen and oxygen atoms in total. The van der Waals surface area contributed by atoms with Crippen molar-refractivity contribution in [3.05, 3.63) is 69.2 Å². The summed E-state index contributed by atoms with van der Waals surface area (Å²) in [7, 11) is 1.41. The maximum atomic E-state index is 12.8. The molecule has 1 aromatic carbocycles. The van der Waals surface area contributed by atoms with Crippen molar-refractivity contribution >= 4 is 27.0 Å². The first-order valence-corrected chi connectivity index (χ1v) is 7.87. The molecular formula is C17H10F3N3OS. The van der Waals surface area contributed by atoms with Gasteiger partial charge in [0.1, 0.15) is 16.6 Å². The number of likely N-dealkylation sites (N-methyl/N-ethyl adjacent to an activating group) is 1. The average molecular weight is 361 g/mol. The lowest BCUT2D eigenvalue weighted by Crippen LogP contribution is -2.21. The van der Waals surface area contributed by atoms with E-state index >= 15 is 0 Å². The van der Waals surface area contributed by atoms with Crippen molar-refractivity contribution in [2.45, 2.75) is 6.18 Å². The van der Waals surface area contributed by atoms with E-state index in [1.807, 2.05) is 6.07 Å². The minimum absolute atomic E-state index is 0.0454. The summed E-state index contributed by atoms with van der Waals surface area (Å²) in [4.78, 5) is 17.3. The molecule has 0 amide bonds. The van der Waals surface area contributed by atoms with Gasteiger partial charge in [-0.2, -0.15) is 23.4 Å². The Balaban J connectivity index is 2.15. The fraction of sp³-hybridized carbons (Fsp3) is 0.118. The molecule has 1 aliphatic heterocycles. The summed E-state index contributed by atoms with van der Waals surface area (Å²) >= 11 is 1.14. The lowest BCUT2D eigenvalue weighted by Gasteiger charge is -2.23. The number of allylic oxidation sites excluding steroid dienone is 4. The van der Waals surface area contributed by atoms with Crippen LogP contribution in [0.3, 0.4) is 0 Å². The van der Waals surface area contributed by atoms with Crippen molar-refractivity contribution in [1.29, 1.82) is 5.26 Å². The fourth-order valence-electron chi connectivity index (χ4n) is 2.37. The molecule has 0 radical (unpaired) electrons. The van der Waals surface area contributed by atoms with Gasteiger partial charge in [-0.25, -0.2) is 0 Å². The smallest absolute Gasteiger partial charge is 0.349 e.